The molecule has 0 spiro atoms. The van der Waals surface area contributed by atoms with Crippen LogP contribution in [0.1, 0.15) is 13.8 Å². The first-order valence-electron chi connectivity index (χ1n) is 2.19. The molecule has 0 aromatic carbocycles. The van der Waals surface area contributed by atoms with Crippen LogP contribution in [0.25, 0.3) is 0 Å². The lowest BCUT2D eigenvalue weighted by Crippen LogP contribution is -2.04. The van der Waals surface area contributed by atoms with Crippen molar-refractivity contribution in [3.05, 3.63) is 0 Å². The Morgan fingerprint density at radius 1 is 1.75 bits per heavy atom. The van der Waals surface area contributed by atoms with Gasteiger partial charge in [-0.2, -0.15) is 0 Å². The van der Waals surface area contributed by atoms with E-state index < -0.39 is 0 Å². The maximum absolute atomic E-state index is 5.02. The molecule has 48 valence electrons. The minimum atomic E-state index is 0.169. The first-order chi connectivity index (χ1) is 3.66. The molecule has 0 heterocycles. The number of hydrogen-bond acceptors (Lipinski definition) is 4. The van der Waals surface area contributed by atoms with Gasteiger partial charge in [0.05, 0.1) is 6.10 Å². The van der Waals surface area contributed by atoms with Gasteiger partial charge >= 0.3 is 0 Å². The molecule has 0 fully saturated rings. The van der Waals surface area contributed by atoms with Crippen LogP contribution < -0.4 is 0 Å². The zero-order valence-corrected chi connectivity index (χ0v) is 7.28. The van der Waals surface area contributed by atoms with Crippen LogP contribution in [-0.4, -0.2) is 10.5 Å². The maximum Gasteiger partial charge on any atom is 0.230 e. The first kappa shape index (κ1) is 8.59. The van der Waals surface area contributed by atoms with Gasteiger partial charge in [0.1, 0.15) is 0 Å². The predicted molar refractivity (Wildman–Crippen MR) is 45.4 cm³/mol. The summed E-state index contributed by atoms with van der Waals surface area (Å²) >= 11 is 8.54. The predicted octanol–water partition coefficient (Wildman–Crippen LogP) is 2.27. The van der Waals surface area contributed by atoms with E-state index in [1.807, 2.05) is 13.8 Å². The van der Waals surface area contributed by atoms with E-state index in [0.29, 0.717) is 4.38 Å². The Morgan fingerprint density at radius 2 is 2.25 bits per heavy atom. The summed E-state index contributed by atoms with van der Waals surface area (Å²) < 4.78 is 5.51. The van der Waals surface area contributed by atoms with E-state index in [-0.39, 0.29) is 6.10 Å². The van der Waals surface area contributed by atoms with Gasteiger partial charge in [-0.1, -0.05) is 0 Å². The van der Waals surface area contributed by atoms with Gasteiger partial charge in [-0.05, 0) is 36.9 Å². The highest BCUT2D eigenvalue weighted by Crippen LogP contribution is 2.10. The van der Waals surface area contributed by atoms with E-state index in [2.05, 4.69) is 11.7 Å². The first-order valence-corrected chi connectivity index (χ1v) is 4.46. The summed E-state index contributed by atoms with van der Waals surface area (Å²) in [5.74, 6) is 0. The zero-order valence-electron chi connectivity index (χ0n) is 4.75. The molecule has 0 unspecified atom stereocenters. The lowest BCUT2D eigenvalue weighted by Gasteiger charge is -2.05. The topological polar surface area (TPSA) is 9.23 Å². The van der Waals surface area contributed by atoms with Gasteiger partial charge in [0, 0.05) is 0 Å². The summed E-state index contributed by atoms with van der Waals surface area (Å²) in [6.45, 7) is 3.85. The van der Waals surface area contributed by atoms with Crippen LogP contribution in [0.3, 0.4) is 0 Å². The molecule has 0 aromatic rings. The molecule has 0 bridgehead atoms. The molecule has 0 N–H and O–H groups in total. The molecular formula is C4H8OS3. The normalized spacial score (nSPS) is 9.50. The van der Waals surface area contributed by atoms with E-state index in [0.717, 1.165) is 10.8 Å². The van der Waals surface area contributed by atoms with Crippen LogP contribution in [0.15, 0.2) is 0 Å². The average Bonchev–Trinajstić information content (AvgIpc) is 1.65. The Kier molecular flexibility index (Phi) is 4.80. The quantitative estimate of drug-likeness (QED) is 0.366. The Labute approximate surface area is 64.0 Å². The second-order valence-corrected chi connectivity index (χ2v) is 3.24. The lowest BCUT2D eigenvalue weighted by molar-refractivity contribution is 0.243. The second-order valence-electron chi connectivity index (χ2n) is 1.51. The largest absolute Gasteiger partial charge is 0.475 e. The van der Waals surface area contributed by atoms with Crippen molar-refractivity contribution in [3.63, 3.8) is 0 Å². The smallest absolute Gasteiger partial charge is 0.230 e. The van der Waals surface area contributed by atoms with Crippen molar-refractivity contribution in [2.45, 2.75) is 20.0 Å². The summed E-state index contributed by atoms with van der Waals surface area (Å²) in [5.41, 5.74) is 0. The fourth-order valence-electron chi connectivity index (χ4n) is 0.214. The SMILES string of the molecule is CC(C)OC(=S)SS. The van der Waals surface area contributed by atoms with Crippen LogP contribution in [0.5, 0.6) is 0 Å². The molecule has 0 radical (unpaired) electrons. The third kappa shape index (κ3) is 4.74. The van der Waals surface area contributed by atoms with Gasteiger partial charge < -0.3 is 4.74 Å². The van der Waals surface area contributed by atoms with Crippen molar-refractivity contribution in [2.75, 3.05) is 0 Å². The molecule has 4 heteroatoms. The number of hydrogen-bond donors (Lipinski definition) is 1. The van der Waals surface area contributed by atoms with E-state index in [9.17, 15) is 0 Å². The van der Waals surface area contributed by atoms with Gasteiger partial charge in [0.15, 0.2) is 0 Å². The van der Waals surface area contributed by atoms with Gasteiger partial charge in [0.2, 0.25) is 4.38 Å². The van der Waals surface area contributed by atoms with Crippen molar-refractivity contribution in [3.8, 4) is 0 Å². The van der Waals surface area contributed by atoms with Crippen LogP contribution in [0.4, 0.5) is 0 Å². The van der Waals surface area contributed by atoms with Gasteiger partial charge in [-0.3, -0.25) is 0 Å². The average molecular weight is 168 g/mol. The number of ether oxygens (including phenoxy) is 1. The highest BCUT2D eigenvalue weighted by atomic mass is 33.1. The Morgan fingerprint density at radius 3 is 2.38 bits per heavy atom. The Bertz CT molecular complexity index is 81.4. The van der Waals surface area contributed by atoms with Gasteiger partial charge in [0.25, 0.3) is 0 Å². The molecule has 1 nitrogen and oxygen atoms in total. The number of rotatable bonds is 1. The standard InChI is InChI=1S/C4H8OS3/c1-3(2)5-4(6)8-7/h3,7H,1-2H3. The summed E-state index contributed by atoms with van der Waals surface area (Å²) in [6.07, 6.45) is 0.169. The third-order valence-corrected chi connectivity index (χ3v) is 1.87. The van der Waals surface area contributed by atoms with Gasteiger partial charge in [-0.25, -0.2) is 0 Å². The molecule has 0 saturated carbocycles. The van der Waals surface area contributed by atoms with Crippen molar-refractivity contribution >= 4 is 39.1 Å². The number of thiol groups is 1. The van der Waals surface area contributed by atoms with E-state index >= 15 is 0 Å². The van der Waals surface area contributed by atoms with E-state index in [4.69, 9.17) is 17.0 Å². The lowest BCUT2D eigenvalue weighted by atomic mass is 10.5. The molecule has 0 atom stereocenters. The minimum Gasteiger partial charge on any atom is -0.475 e. The molecular weight excluding hydrogens is 160 g/mol. The summed E-state index contributed by atoms with van der Waals surface area (Å²) in [5, 5.41) is 0. The monoisotopic (exact) mass is 168 g/mol. The summed E-state index contributed by atoms with van der Waals surface area (Å²) in [4.78, 5) is 0. The third-order valence-electron chi connectivity index (χ3n) is 0.406. The molecule has 0 aromatic heterocycles. The zero-order chi connectivity index (χ0) is 6.57. The second kappa shape index (κ2) is 4.47. The molecule has 0 amide bonds. The number of thiocarbonyl (C=S) groups is 1. The fraction of sp³-hybridized carbons (Fsp3) is 0.750. The Balaban J connectivity index is 3.25. The molecule has 0 aliphatic carbocycles. The molecule has 0 aliphatic rings. The Hall–Kier alpha value is 0.590. The minimum absolute atomic E-state index is 0.169. The van der Waals surface area contributed by atoms with Crippen molar-refractivity contribution in [1.29, 1.82) is 0 Å². The highest BCUT2D eigenvalue weighted by molar-refractivity contribution is 8.76. The molecule has 0 rings (SSSR count). The van der Waals surface area contributed by atoms with Crippen molar-refractivity contribution in [2.24, 2.45) is 0 Å². The summed E-state index contributed by atoms with van der Waals surface area (Å²) in [7, 11) is 1.16. The maximum atomic E-state index is 5.02. The van der Waals surface area contributed by atoms with E-state index in [1.54, 1.807) is 0 Å². The van der Waals surface area contributed by atoms with E-state index in [1.165, 1.54) is 0 Å². The van der Waals surface area contributed by atoms with Gasteiger partial charge in [-0.15, -0.1) is 11.7 Å². The molecule has 0 aliphatic heterocycles. The van der Waals surface area contributed by atoms with Crippen LogP contribution >= 0.6 is 34.7 Å². The van der Waals surface area contributed by atoms with Crippen molar-refractivity contribution in [1.82, 2.24) is 0 Å². The summed E-state index contributed by atoms with van der Waals surface area (Å²) in [6, 6.07) is 0. The van der Waals surface area contributed by atoms with Crippen LogP contribution in [0.2, 0.25) is 0 Å². The van der Waals surface area contributed by atoms with Crippen LogP contribution in [0, 0.1) is 0 Å². The fourth-order valence-corrected chi connectivity index (χ4v) is 0.771. The molecule has 0 saturated heterocycles. The van der Waals surface area contributed by atoms with Crippen LogP contribution in [-0.2, 0) is 4.74 Å². The highest BCUT2D eigenvalue weighted by Gasteiger charge is 1.96. The van der Waals surface area contributed by atoms with Crippen molar-refractivity contribution < 1.29 is 4.74 Å². The molecule has 8 heavy (non-hydrogen) atoms.